The second kappa shape index (κ2) is 9.90. The fourth-order valence-electron chi connectivity index (χ4n) is 4.01. The lowest BCUT2D eigenvalue weighted by atomic mass is 9.94. The van der Waals surface area contributed by atoms with Crippen molar-refractivity contribution < 1.29 is 19.0 Å². The number of nitrogens with one attached hydrogen (secondary N) is 1. The minimum absolute atomic E-state index is 0. The van der Waals surface area contributed by atoms with Gasteiger partial charge in [-0.15, -0.1) is 12.4 Å². The van der Waals surface area contributed by atoms with E-state index in [0.29, 0.717) is 17.2 Å². The third-order valence-electron chi connectivity index (χ3n) is 5.53. The Kier molecular flexibility index (Phi) is 7.25. The van der Waals surface area contributed by atoms with E-state index in [1.165, 1.54) is 0 Å². The Morgan fingerprint density at radius 2 is 1.48 bits per heavy atom. The molecule has 31 heavy (non-hydrogen) atoms. The summed E-state index contributed by atoms with van der Waals surface area (Å²) in [7, 11) is 4.80. The fourth-order valence-corrected chi connectivity index (χ4v) is 4.01. The van der Waals surface area contributed by atoms with Crippen LogP contribution in [0.15, 0.2) is 48.5 Å². The zero-order valence-corrected chi connectivity index (χ0v) is 18.8. The molecule has 1 heterocycles. The van der Waals surface area contributed by atoms with Crippen molar-refractivity contribution in [2.45, 2.75) is 0 Å². The molecule has 4 rings (SSSR count). The number of hydrogen-bond acceptors (Lipinski definition) is 5. The van der Waals surface area contributed by atoms with Crippen molar-refractivity contribution in [2.75, 3.05) is 47.5 Å². The predicted molar refractivity (Wildman–Crippen MR) is 125 cm³/mol. The van der Waals surface area contributed by atoms with Gasteiger partial charge in [-0.1, -0.05) is 30.3 Å². The van der Waals surface area contributed by atoms with Crippen LogP contribution in [0.5, 0.6) is 17.2 Å². The number of carbonyl (C=O) groups is 1. The third kappa shape index (κ3) is 4.27. The molecule has 7 heteroatoms. The van der Waals surface area contributed by atoms with Crippen LogP contribution in [0.2, 0.25) is 0 Å². The van der Waals surface area contributed by atoms with E-state index >= 15 is 0 Å². The van der Waals surface area contributed by atoms with Crippen molar-refractivity contribution in [1.82, 2.24) is 10.2 Å². The lowest BCUT2D eigenvalue weighted by Gasteiger charge is -2.28. The van der Waals surface area contributed by atoms with Gasteiger partial charge in [-0.2, -0.15) is 0 Å². The van der Waals surface area contributed by atoms with E-state index in [4.69, 9.17) is 14.2 Å². The van der Waals surface area contributed by atoms with Gasteiger partial charge in [0.15, 0.2) is 11.5 Å². The molecule has 6 nitrogen and oxygen atoms in total. The summed E-state index contributed by atoms with van der Waals surface area (Å²) < 4.78 is 16.5. The molecular weight excluding hydrogens is 416 g/mol. The number of methoxy groups -OCH3 is 3. The topological polar surface area (TPSA) is 60.0 Å². The van der Waals surface area contributed by atoms with Gasteiger partial charge in [0.1, 0.15) is 0 Å². The van der Waals surface area contributed by atoms with Gasteiger partial charge in [-0.3, -0.25) is 4.79 Å². The highest BCUT2D eigenvalue weighted by atomic mass is 35.5. The van der Waals surface area contributed by atoms with E-state index in [-0.39, 0.29) is 18.3 Å². The maximum Gasteiger partial charge on any atom is 0.254 e. The molecule has 1 aliphatic rings. The minimum Gasteiger partial charge on any atom is -0.493 e. The van der Waals surface area contributed by atoms with Gasteiger partial charge in [0.2, 0.25) is 5.75 Å². The van der Waals surface area contributed by atoms with Crippen molar-refractivity contribution in [3.8, 4) is 28.4 Å². The van der Waals surface area contributed by atoms with E-state index in [0.717, 1.165) is 53.6 Å². The first-order chi connectivity index (χ1) is 14.7. The van der Waals surface area contributed by atoms with Gasteiger partial charge >= 0.3 is 0 Å². The maximum absolute atomic E-state index is 13.2. The highest BCUT2D eigenvalue weighted by Gasteiger charge is 2.21. The summed E-state index contributed by atoms with van der Waals surface area (Å²) in [6, 6.07) is 15.8. The molecule has 3 aromatic carbocycles. The largest absolute Gasteiger partial charge is 0.493 e. The van der Waals surface area contributed by atoms with E-state index < -0.39 is 0 Å². The molecule has 1 fully saturated rings. The number of amides is 1. The number of halogens is 1. The van der Waals surface area contributed by atoms with Crippen LogP contribution in [0.25, 0.3) is 21.9 Å². The first-order valence-electron chi connectivity index (χ1n) is 10.00. The zero-order chi connectivity index (χ0) is 21.1. The van der Waals surface area contributed by atoms with Crippen LogP contribution in [0, 0.1) is 0 Å². The Labute approximate surface area is 188 Å². The molecule has 0 unspecified atom stereocenters. The number of rotatable bonds is 5. The molecule has 0 atom stereocenters. The van der Waals surface area contributed by atoms with Crippen LogP contribution in [0.3, 0.4) is 0 Å². The Morgan fingerprint density at radius 1 is 0.871 bits per heavy atom. The van der Waals surface area contributed by atoms with Crippen LogP contribution >= 0.6 is 12.4 Å². The molecule has 0 aromatic heterocycles. The number of nitrogens with zero attached hydrogens (tertiary/aromatic N) is 1. The van der Waals surface area contributed by atoms with E-state index in [9.17, 15) is 4.79 Å². The molecular formula is C24H27ClN2O4. The van der Waals surface area contributed by atoms with Gasteiger partial charge in [0, 0.05) is 31.7 Å². The number of hydrogen-bond donors (Lipinski definition) is 1. The summed E-state index contributed by atoms with van der Waals surface area (Å²) in [5, 5.41) is 5.24. The molecule has 0 aliphatic carbocycles. The van der Waals surface area contributed by atoms with E-state index in [2.05, 4.69) is 5.32 Å². The van der Waals surface area contributed by atoms with Crippen molar-refractivity contribution in [3.63, 3.8) is 0 Å². The summed E-state index contributed by atoms with van der Waals surface area (Å²) >= 11 is 0. The molecule has 0 bridgehead atoms. The van der Waals surface area contributed by atoms with Crippen molar-refractivity contribution >= 4 is 29.1 Å². The van der Waals surface area contributed by atoms with Crippen LogP contribution in [-0.4, -0.2) is 58.3 Å². The number of carbonyl (C=O) groups excluding carboxylic acids is 1. The summed E-state index contributed by atoms with van der Waals surface area (Å²) in [4.78, 5) is 15.1. The molecule has 164 valence electrons. The van der Waals surface area contributed by atoms with Gasteiger partial charge in [0.05, 0.1) is 21.3 Å². The molecule has 0 radical (unpaired) electrons. The Balaban J connectivity index is 0.00000272. The fraction of sp³-hybridized carbons (Fsp3) is 0.292. The molecule has 1 aliphatic heterocycles. The summed E-state index contributed by atoms with van der Waals surface area (Å²) in [5.74, 6) is 1.82. The minimum atomic E-state index is 0. The highest BCUT2D eigenvalue weighted by molar-refractivity contribution is 6.11. The lowest BCUT2D eigenvalue weighted by molar-refractivity contribution is 0.0738. The number of fused-ring (bicyclic) bond motifs is 1. The number of piperazine rings is 1. The SMILES string of the molecule is COc1cc(-c2ccc(C(=O)N3CCNCC3)c3ccccc23)cc(OC)c1OC.Cl. The van der Waals surface area contributed by atoms with Crippen molar-refractivity contribution in [2.24, 2.45) is 0 Å². The standard InChI is InChI=1S/C24H26N2O4.ClH/c1-28-21-14-16(15-22(29-2)23(21)30-3)17-8-9-20(19-7-5-4-6-18(17)19)24(27)26-12-10-25-11-13-26;/h4-9,14-15,25H,10-13H2,1-3H3;1H. The second-order valence-corrected chi connectivity index (χ2v) is 7.16. The monoisotopic (exact) mass is 442 g/mol. The van der Waals surface area contributed by atoms with Gasteiger partial charge in [-0.05, 0) is 40.1 Å². The molecule has 1 saturated heterocycles. The Bertz CT molecular complexity index is 1060. The van der Waals surface area contributed by atoms with Gasteiger partial charge in [0.25, 0.3) is 5.91 Å². The normalized spacial score (nSPS) is 13.5. The molecule has 0 spiro atoms. The quantitative estimate of drug-likeness (QED) is 0.647. The lowest BCUT2D eigenvalue weighted by Crippen LogP contribution is -2.46. The first-order valence-corrected chi connectivity index (χ1v) is 10.00. The predicted octanol–water partition coefficient (Wildman–Crippen LogP) is 4.00. The summed E-state index contributed by atoms with van der Waals surface area (Å²) in [5.41, 5.74) is 2.66. The first kappa shape index (κ1) is 22.7. The molecule has 0 saturated carbocycles. The highest BCUT2D eigenvalue weighted by Crippen LogP contribution is 2.43. The third-order valence-corrected chi connectivity index (χ3v) is 5.53. The molecule has 1 N–H and O–H groups in total. The average molecular weight is 443 g/mol. The number of ether oxygens (including phenoxy) is 3. The molecule has 3 aromatic rings. The van der Waals surface area contributed by atoms with Crippen LogP contribution in [-0.2, 0) is 0 Å². The van der Waals surface area contributed by atoms with E-state index in [1.807, 2.05) is 53.4 Å². The zero-order valence-electron chi connectivity index (χ0n) is 17.9. The van der Waals surface area contributed by atoms with E-state index in [1.54, 1.807) is 21.3 Å². The van der Waals surface area contributed by atoms with Crippen LogP contribution in [0.1, 0.15) is 10.4 Å². The Hall–Kier alpha value is -2.96. The average Bonchev–Trinajstić information content (AvgIpc) is 2.82. The maximum atomic E-state index is 13.2. The van der Waals surface area contributed by atoms with Crippen LogP contribution < -0.4 is 19.5 Å². The summed E-state index contributed by atoms with van der Waals surface area (Å²) in [6.45, 7) is 3.10. The van der Waals surface area contributed by atoms with Crippen LogP contribution in [0.4, 0.5) is 0 Å². The van der Waals surface area contributed by atoms with Gasteiger partial charge < -0.3 is 24.4 Å². The molecule has 1 amide bonds. The number of benzene rings is 3. The van der Waals surface area contributed by atoms with Gasteiger partial charge in [-0.25, -0.2) is 0 Å². The van der Waals surface area contributed by atoms with Crippen molar-refractivity contribution in [1.29, 1.82) is 0 Å². The second-order valence-electron chi connectivity index (χ2n) is 7.16. The Morgan fingerprint density at radius 3 is 2.06 bits per heavy atom. The van der Waals surface area contributed by atoms with Crippen molar-refractivity contribution in [3.05, 3.63) is 54.1 Å². The smallest absolute Gasteiger partial charge is 0.254 e. The summed E-state index contributed by atoms with van der Waals surface area (Å²) in [6.07, 6.45) is 0.